The molecule has 154 valence electrons. The summed E-state index contributed by atoms with van der Waals surface area (Å²) < 4.78 is 1.83. The summed E-state index contributed by atoms with van der Waals surface area (Å²) in [5.74, 6) is 0.602. The van der Waals surface area contributed by atoms with Crippen molar-refractivity contribution < 1.29 is 4.79 Å². The number of rotatable bonds is 7. The normalized spacial score (nSPS) is 13.2. The van der Waals surface area contributed by atoms with E-state index in [4.69, 9.17) is 0 Å². The quantitative estimate of drug-likeness (QED) is 0.350. The minimum absolute atomic E-state index is 0. The van der Waals surface area contributed by atoms with Gasteiger partial charge < -0.3 is 15.5 Å². The third-order valence-corrected chi connectivity index (χ3v) is 4.36. The number of nitrogens with one attached hydrogen (secondary N) is 2. The summed E-state index contributed by atoms with van der Waals surface area (Å²) in [6.07, 6.45) is 4.64. The molecule has 2 aromatic rings. The molecular weight excluding hydrogens is 467 g/mol. The molecule has 2 N–H and O–H groups in total. The smallest absolute Gasteiger partial charge is 0.243 e. The van der Waals surface area contributed by atoms with Crippen LogP contribution in [0.2, 0.25) is 0 Å². The summed E-state index contributed by atoms with van der Waals surface area (Å²) in [7, 11) is 3.47. The molecule has 0 radical (unpaired) electrons. The van der Waals surface area contributed by atoms with Gasteiger partial charge in [0, 0.05) is 32.5 Å². The molecule has 0 aliphatic heterocycles. The van der Waals surface area contributed by atoms with Gasteiger partial charge in [0.15, 0.2) is 5.96 Å². The van der Waals surface area contributed by atoms with Crippen molar-refractivity contribution in [2.45, 2.75) is 39.3 Å². The highest BCUT2D eigenvalue weighted by atomic mass is 127. The fraction of sp³-hybridized carbons (Fsp3) is 0.450. The number of amides is 1. The molecule has 2 atom stereocenters. The number of aliphatic imine (C=N–C) groups is 1. The maximum absolute atomic E-state index is 11.9. The van der Waals surface area contributed by atoms with Crippen LogP contribution in [0.1, 0.15) is 38.8 Å². The average molecular weight is 498 g/mol. The van der Waals surface area contributed by atoms with Crippen molar-refractivity contribution in [3.63, 3.8) is 0 Å². The first-order chi connectivity index (χ1) is 12.9. The predicted octanol–water partition coefficient (Wildman–Crippen LogP) is 2.97. The molecule has 0 aliphatic rings. The highest BCUT2D eigenvalue weighted by molar-refractivity contribution is 14.0. The van der Waals surface area contributed by atoms with Gasteiger partial charge in [0.1, 0.15) is 6.54 Å². The van der Waals surface area contributed by atoms with E-state index in [2.05, 4.69) is 53.6 Å². The number of benzene rings is 1. The summed E-state index contributed by atoms with van der Waals surface area (Å²) in [4.78, 5) is 17.9. The lowest BCUT2D eigenvalue weighted by Crippen LogP contribution is -2.43. The number of carbonyl (C=O) groups excluding carboxylic acids is 1. The Morgan fingerprint density at radius 3 is 2.61 bits per heavy atom. The Morgan fingerprint density at radius 2 is 2.00 bits per heavy atom. The Kier molecular flexibility index (Phi) is 9.98. The van der Waals surface area contributed by atoms with Crippen LogP contribution in [-0.4, -0.2) is 53.2 Å². The van der Waals surface area contributed by atoms with Gasteiger partial charge in [0.25, 0.3) is 0 Å². The molecule has 28 heavy (non-hydrogen) atoms. The first-order valence-corrected chi connectivity index (χ1v) is 9.28. The van der Waals surface area contributed by atoms with E-state index in [-0.39, 0.29) is 48.5 Å². The summed E-state index contributed by atoms with van der Waals surface area (Å²) in [5, 5.41) is 11.0. The lowest BCUT2D eigenvalue weighted by molar-refractivity contribution is -0.127. The predicted molar refractivity (Wildman–Crippen MR) is 124 cm³/mol. The molecule has 1 aromatic heterocycles. The van der Waals surface area contributed by atoms with Crippen molar-refractivity contribution in [1.82, 2.24) is 25.3 Å². The second-order valence-electron chi connectivity index (χ2n) is 6.82. The van der Waals surface area contributed by atoms with E-state index in [9.17, 15) is 4.79 Å². The molecule has 1 amide bonds. The van der Waals surface area contributed by atoms with Gasteiger partial charge >= 0.3 is 0 Å². The van der Waals surface area contributed by atoms with Crippen LogP contribution in [-0.2, 0) is 4.79 Å². The van der Waals surface area contributed by atoms with E-state index >= 15 is 0 Å². The van der Waals surface area contributed by atoms with Crippen LogP contribution < -0.4 is 10.6 Å². The summed E-state index contributed by atoms with van der Waals surface area (Å²) in [6.45, 7) is 6.38. The first kappa shape index (κ1) is 23.9. The molecule has 0 bridgehead atoms. The Labute approximate surface area is 184 Å². The molecule has 0 saturated carbocycles. The van der Waals surface area contributed by atoms with Gasteiger partial charge in [-0.3, -0.25) is 4.79 Å². The Hall–Kier alpha value is -2.10. The van der Waals surface area contributed by atoms with E-state index in [0.29, 0.717) is 5.96 Å². The number of guanidine groups is 1. The van der Waals surface area contributed by atoms with Crippen LogP contribution in [0.5, 0.6) is 0 Å². The lowest BCUT2D eigenvalue weighted by atomic mass is 10.1. The van der Waals surface area contributed by atoms with Crippen molar-refractivity contribution in [3.8, 4) is 5.69 Å². The highest BCUT2D eigenvalue weighted by Gasteiger charge is 2.12. The van der Waals surface area contributed by atoms with Gasteiger partial charge in [-0.25, -0.2) is 9.67 Å². The number of hydrogen-bond donors (Lipinski definition) is 2. The molecule has 2 unspecified atom stereocenters. The maximum atomic E-state index is 11.9. The topological polar surface area (TPSA) is 74.6 Å². The molecule has 0 aliphatic carbocycles. The number of nitrogens with zero attached hydrogens (tertiary/aromatic N) is 4. The van der Waals surface area contributed by atoms with Gasteiger partial charge in [0.2, 0.25) is 5.91 Å². The van der Waals surface area contributed by atoms with Crippen LogP contribution in [0.4, 0.5) is 0 Å². The second kappa shape index (κ2) is 11.7. The summed E-state index contributed by atoms with van der Waals surface area (Å²) >= 11 is 0. The second-order valence-corrected chi connectivity index (χ2v) is 6.82. The van der Waals surface area contributed by atoms with E-state index in [0.717, 1.165) is 17.7 Å². The zero-order valence-corrected chi connectivity index (χ0v) is 19.5. The molecule has 0 saturated heterocycles. The number of likely N-dealkylation sites (N-methyl/N-ethyl adjacent to an activating group) is 1. The fourth-order valence-electron chi connectivity index (χ4n) is 2.40. The van der Waals surface area contributed by atoms with Crippen LogP contribution in [0.15, 0.2) is 47.7 Å². The van der Waals surface area contributed by atoms with E-state index in [1.54, 1.807) is 25.2 Å². The number of hydrogen-bond acceptors (Lipinski definition) is 3. The molecule has 8 heteroatoms. The van der Waals surface area contributed by atoms with E-state index < -0.39 is 0 Å². The van der Waals surface area contributed by atoms with E-state index in [1.165, 1.54) is 0 Å². The first-order valence-electron chi connectivity index (χ1n) is 9.28. The molecule has 7 nitrogen and oxygen atoms in total. The van der Waals surface area contributed by atoms with Gasteiger partial charge in [-0.05, 0) is 44.0 Å². The van der Waals surface area contributed by atoms with E-state index in [1.807, 2.05) is 29.1 Å². The third kappa shape index (κ3) is 7.14. The molecular formula is C20H31IN6O. The number of carbonyl (C=O) groups is 1. The lowest BCUT2D eigenvalue weighted by Gasteiger charge is -2.22. The van der Waals surface area contributed by atoms with Crippen molar-refractivity contribution in [3.05, 3.63) is 48.3 Å². The number of halogens is 1. The summed E-state index contributed by atoms with van der Waals surface area (Å²) in [6, 6.07) is 10.4. The number of aromatic nitrogens is 2. The molecule has 1 aromatic carbocycles. The molecule has 0 fully saturated rings. The maximum Gasteiger partial charge on any atom is 0.243 e. The van der Waals surface area contributed by atoms with Crippen molar-refractivity contribution in [2.75, 3.05) is 20.6 Å². The molecule has 1 heterocycles. The van der Waals surface area contributed by atoms with Gasteiger partial charge in [-0.15, -0.1) is 24.0 Å². The zero-order valence-electron chi connectivity index (χ0n) is 17.2. The minimum atomic E-state index is -0.0337. The Morgan fingerprint density at radius 1 is 1.25 bits per heavy atom. The van der Waals surface area contributed by atoms with Crippen molar-refractivity contribution in [1.29, 1.82) is 0 Å². The largest absolute Gasteiger partial charge is 0.354 e. The van der Waals surface area contributed by atoms with Crippen LogP contribution in [0.3, 0.4) is 0 Å². The monoisotopic (exact) mass is 498 g/mol. The third-order valence-electron chi connectivity index (χ3n) is 4.36. The summed E-state index contributed by atoms with van der Waals surface area (Å²) in [5.41, 5.74) is 2.11. The Balaban J connectivity index is 0.00000392. The van der Waals surface area contributed by atoms with Crippen molar-refractivity contribution in [2.24, 2.45) is 4.99 Å². The van der Waals surface area contributed by atoms with Crippen LogP contribution >= 0.6 is 24.0 Å². The highest BCUT2D eigenvalue weighted by Crippen LogP contribution is 2.16. The van der Waals surface area contributed by atoms with Crippen molar-refractivity contribution >= 4 is 35.8 Å². The standard InChI is InChI=1S/C20H30N6O.HI/c1-6-15(2)23-20(21-14-19(27)25(4)5)24-16(3)17-9-7-10-18(13-17)26-12-8-11-22-26;/h7-13,15-16H,6,14H2,1-5H3,(H2,21,23,24);1H. The molecule has 2 rings (SSSR count). The van der Waals surface area contributed by atoms with Gasteiger partial charge in [-0.1, -0.05) is 19.1 Å². The van der Waals surface area contributed by atoms with Crippen LogP contribution in [0, 0.1) is 0 Å². The minimum Gasteiger partial charge on any atom is -0.354 e. The molecule has 0 spiro atoms. The fourth-order valence-corrected chi connectivity index (χ4v) is 2.40. The Bertz CT molecular complexity index is 760. The zero-order chi connectivity index (χ0) is 19.8. The SMILES string of the molecule is CCC(C)NC(=NCC(=O)N(C)C)NC(C)c1cccc(-n2cccn2)c1.I. The van der Waals surface area contributed by atoms with Crippen LogP contribution in [0.25, 0.3) is 5.69 Å². The average Bonchev–Trinajstić information content (AvgIpc) is 3.20. The van der Waals surface area contributed by atoms with Gasteiger partial charge in [0.05, 0.1) is 11.7 Å². The van der Waals surface area contributed by atoms with Gasteiger partial charge in [-0.2, -0.15) is 5.10 Å².